The molecule has 0 spiro atoms. The van der Waals surface area contributed by atoms with Crippen LogP contribution in [-0.4, -0.2) is 54.6 Å². The van der Waals surface area contributed by atoms with Gasteiger partial charge in [0.15, 0.2) is 0 Å². The first kappa shape index (κ1) is 12.0. The molecule has 1 fully saturated rings. The Morgan fingerprint density at radius 1 is 1.50 bits per heavy atom. The third-order valence-electron chi connectivity index (χ3n) is 1.89. The topological polar surface area (TPSA) is 64.6 Å². The summed E-state index contributed by atoms with van der Waals surface area (Å²) in [7, 11) is 2.71. The zero-order valence-corrected chi connectivity index (χ0v) is 9.49. The quantitative estimate of drug-likeness (QED) is 0.367. The Balaban J connectivity index is 1.90. The average molecular weight is 237 g/mol. The van der Waals surface area contributed by atoms with Gasteiger partial charge in [0, 0.05) is 49.5 Å². The zero-order chi connectivity index (χ0) is 10.2. The molecule has 0 aromatic carbocycles. The van der Waals surface area contributed by atoms with Crippen LogP contribution >= 0.6 is 21.8 Å². The Hall–Kier alpha value is -0.110. The Kier molecular flexibility index (Phi) is 6.17. The molecule has 0 saturated carbocycles. The molecule has 0 aromatic rings. The largest absolute Gasteiger partial charge is 0.464 e. The fourth-order valence-electron chi connectivity index (χ4n) is 1.21. The molecule has 0 atom stereocenters. The standard InChI is InChI=1S/C7H15N3O2S2/c11-7(12)9-14-13-6-5-10-3-1-8-2-4-10/h8-9H,1-6H2,(H,11,12). The fourth-order valence-corrected chi connectivity index (χ4v) is 2.62. The predicted octanol–water partition coefficient (Wildman–Crippen LogP) is 0.456. The van der Waals surface area contributed by atoms with Gasteiger partial charge in [-0.15, -0.1) is 0 Å². The SMILES string of the molecule is O=C(O)NSSCCN1CCNCC1. The lowest BCUT2D eigenvalue weighted by Crippen LogP contribution is -2.44. The second-order valence-electron chi connectivity index (χ2n) is 2.90. The van der Waals surface area contributed by atoms with Gasteiger partial charge in [-0.1, -0.05) is 10.8 Å². The zero-order valence-electron chi connectivity index (χ0n) is 7.86. The fraction of sp³-hybridized carbons (Fsp3) is 0.857. The summed E-state index contributed by atoms with van der Waals surface area (Å²) in [4.78, 5) is 12.5. The van der Waals surface area contributed by atoms with Gasteiger partial charge in [-0.2, -0.15) is 0 Å². The van der Waals surface area contributed by atoms with Crippen LogP contribution < -0.4 is 10.0 Å². The highest BCUT2D eigenvalue weighted by molar-refractivity contribution is 8.76. The molecule has 1 aliphatic rings. The van der Waals surface area contributed by atoms with Gasteiger partial charge in [0.2, 0.25) is 0 Å². The highest BCUT2D eigenvalue weighted by atomic mass is 33.1. The van der Waals surface area contributed by atoms with E-state index in [0.717, 1.165) is 38.5 Å². The molecule has 1 aliphatic heterocycles. The van der Waals surface area contributed by atoms with Crippen LogP contribution in [-0.2, 0) is 0 Å². The van der Waals surface area contributed by atoms with Crippen LogP contribution in [0.4, 0.5) is 4.79 Å². The number of piperazine rings is 1. The van der Waals surface area contributed by atoms with Crippen molar-refractivity contribution in [2.75, 3.05) is 38.5 Å². The van der Waals surface area contributed by atoms with E-state index < -0.39 is 6.09 Å². The smallest absolute Gasteiger partial charge is 0.415 e. The molecule has 14 heavy (non-hydrogen) atoms. The molecule has 0 aliphatic carbocycles. The summed E-state index contributed by atoms with van der Waals surface area (Å²) < 4.78 is 2.25. The van der Waals surface area contributed by atoms with Gasteiger partial charge in [0.25, 0.3) is 0 Å². The second kappa shape index (κ2) is 7.22. The molecule has 0 unspecified atom stereocenters. The van der Waals surface area contributed by atoms with Crippen LogP contribution in [0.15, 0.2) is 0 Å². The van der Waals surface area contributed by atoms with Crippen molar-refractivity contribution in [3.8, 4) is 0 Å². The summed E-state index contributed by atoms with van der Waals surface area (Å²) in [5.74, 6) is 0.949. The minimum Gasteiger partial charge on any atom is -0.464 e. The van der Waals surface area contributed by atoms with E-state index in [1.165, 1.54) is 21.8 Å². The van der Waals surface area contributed by atoms with Crippen LogP contribution in [0.5, 0.6) is 0 Å². The molecule has 1 heterocycles. The summed E-state index contributed by atoms with van der Waals surface area (Å²) in [5.41, 5.74) is 0. The monoisotopic (exact) mass is 237 g/mol. The Morgan fingerprint density at radius 2 is 2.21 bits per heavy atom. The van der Waals surface area contributed by atoms with Crippen molar-refractivity contribution in [1.29, 1.82) is 0 Å². The van der Waals surface area contributed by atoms with E-state index in [2.05, 4.69) is 14.9 Å². The number of amides is 1. The lowest BCUT2D eigenvalue weighted by Gasteiger charge is -2.26. The number of hydrogen-bond acceptors (Lipinski definition) is 5. The molecular formula is C7H15N3O2S2. The van der Waals surface area contributed by atoms with E-state index in [9.17, 15) is 4.79 Å². The van der Waals surface area contributed by atoms with Crippen molar-refractivity contribution < 1.29 is 9.90 Å². The lowest BCUT2D eigenvalue weighted by molar-refractivity contribution is 0.202. The van der Waals surface area contributed by atoms with E-state index in [4.69, 9.17) is 5.11 Å². The molecule has 0 radical (unpaired) electrons. The minimum atomic E-state index is -0.982. The van der Waals surface area contributed by atoms with Crippen molar-refractivity contribution in [1.82, 2.24) is 14.9 Å². The molecule has 0 bridgehead atoms. The van der Waals surface area contributed by atoms with E-state index in [1.807, 2.05) is 0 Å². The highest BCUT2D eigenvalue weighted by Gasteiger charge is 2.08. The van der Waals surface area contributed by atoms with Gasteiger partial charge in [-0.3, -0.25) is 9.62 Å². The molecule has 3 N–H and O–H groups in total. The van der Waals surface area contributed by atoms with Gasteiger partial charge in [-0.05, 0) is 0 Å². The number of carbonyl (C=O) groups is 1. The van der Waals surface area contributed by atoms with Gasteiger partial charge in [-0.25, -0.2) is 4.79 Å². The lowest BCUT2D eigenvalue weighted by atomic mass is 10.4. The van der Waals surface area contributed by atoms with Gasteiger partial charge < -0.3 is 10.4 Å². The summed E-state index contributed by atoms with van der Waals surface area (Å²) >= 11 is 0. The average Bonchev–Trinajstić information content (AvgIpc) is 2.18. The van der Waals surface area contributed by atoms with E-state index in [-0.39, 0.29) is 0 Å². The number of hydrogen-bond donors (Lipinski definition) is 3. The van der Waals surface area contributed by atoms with Gasteiger partial charge >= 0.3 is 6.09 Å². The molecule has 7 heteroatoms. The summed E-state index contributed by atoms with van der Waals surface area (Å²) in [5, 5.41) is 11.6. The van der Waals surface area contributed by atoms with E-state index in [0.29, 0.717) is 0 Å². The maximum Gasteiger partial charge on any atom is 0.415 e. The maximum absolute atomic E-state index is 10.1. The minimum absolute atomic E-state index is 0.949. The van der Waals surface area contributed by atoms with Crippen molar-refractivity contribution in [3.63, 3.8) is 0 Å². The normalized spacial score (nSPS) is 18.0. The number of nitrogens with zero attached hydrogens (tertiary/aromatic N) is 1. The first-order chi connectivity index (χ1) is 6.79. The molecule has 1 rings (SSSR count). The van der Waals surface area contributed by atoms with Crippen LogP contribution in [0.25, 0.3) is 0 Å². The van der Waals surface area contributed by atoms with Crippen molar-refractivity contribution >= 4 is 27.9 Å². The van der Waals surface area contributed by atoms with Crippen LogP contribution in [0.3, 0.4) is 0 Å². The summed E-state index contributed by atoms with van der Waals surface area (Å²) in [6.07, 6.45) is -0.982. The maximum atomic E-state index is 10.1. The Bertz CT molecular complexity index is 176. The predicted molar refractivity (Wildman–Crippen MR) is 60.5 cm³/mol. The third kappa shape index (κ3) is 5.58. The number of nitrogens with one attached hydrogen (secondary N) is 2. The molecule has 5 nitrogen and oxygen atoms in total. The molecule has 1 saturated heterocycles. The Labute approximate surface area is 91.5 Å². The van der Waals surface area contributed by atoms with E-state index >= 15 is 0 Å². The third-order valence-corrected chi connectivity index (χ3v) is 3.72. The van der Waals surface area contributed by atoms with Crippen LogP contribution in [0.1, 0.15) is 0 Å². The van der Waals surface area contributed by atoms with Gasteiger partial charge in [0.05, 0.1) is 0 Å². The molecular weight excluding hydrogens is 222 g/mol. The number of carboxylic acid groups (broad SMARTS) is 1. The van der Waals surface area contributed by atoms with E-state index in [1.54, 1.807) is 0 Å². The summed E-state index contributed by atoms with van der Waals surface area (Å²) in [6.45, 7) is 5.34. The van der Waals surface area contributed by atoms with Crippen molar-refractivity contribution in [2.24, 2.45) is 0 Å². The second-order valence-corrected chi connectivity index (χ2v) is 5.13. The van der Waals surface area contributed by atoms with Crippen molar-refractivity contribution in [3.05, 3.63) is 0 Å². The first-order valence-electron chi connectivity index (χ1n) is 4.49. The van der Waals surface area contributed by atoms with Crippen molar-refractivity contribution in [2.45, 2.75) is 0 Å². The van der Waals surface area contributed by atoms with Gasteiger partial charge in [0.1, 0.15) is 0 Å². The molecule has 1 amide bonds. The van der Waals surface area contributed by atoms with Crippen LogP contribution in [0.2, 0.25) is 0 Å². The Morgan fingerprint density at radius 3 is 2.86 bits per heavy atom. The van der Waals surface area contributed by atoms with Crippen LogP contribution in [0, 0.1) is 0 Å². The molecule has 82 valence electrons. The number of rotatable bonds is 5. The first-order valence-corrected chi connectivity index (χ1v) is 6.81. The molecule has 0 aromatic heterocycles. The highest BCUT2D eigenvalue weighted by Crippen LogP contribution is 2.16. The summed E-state index contributed by atoms with van der Waals surface area (Å²) in [6, 6.07) is 0.